The summed E-state index contributed by atoms with van der Waals surface area (Å²) < 4.78 is 7.89. The lowest BCUT2D eigenvalue weighted by molar-refractivity contribution is -0.143. The maximum Gasteiger partial charge on any atom is 0.349 e. The van der Waals surface area contributed by atoms with Gasteiger partial charge in [0.15, 0.2) is 0 Å². The maximum atomic E-state index is 13.9. The number of carboxylic acid groups (broad SMARTS) is 1. The summed E-state index contributed by atoms with van der Waals surface area (Å²) in [6.45, 7) is 13.5. The minimum Gasteiger partial charge on any atom is -0.478 e. The number of ether oxygens (including phenoxy) is 1. The number of aliphatic carboxylic acids is 1. The highest BCUT2D eigenvalue weighted by molar-refractivity contribution is 5.78. The van der Waals surface area contributed by atoms with E-state index in [1.165, 1.54) is 0 Å². The van der Waals surface area contributed by atoms with E-state index in [0.717, 1.165) is 35.2 Å². The first-order valence-electron chi connectivity index (χ1n) is 14.3. The number of nitrogens with zero attached hydrogens (tertiary/aromatic N) is 3. The number of carboxylic acids is 1. The van der Waals surface area contributed by atoms with Gasteiger partial charge >= 0.3 is 5.97 Å². The first-order chi connectivity index (χ1) is 19.8. The van der Waals surface area contributed by atoms with Crippen LogP contribution < -0.4 is 10.3 Å². The zero-order valence-electron chi connectivity index (χ0n) is 24.8. The zero-order valence-corrected chi connectivity index (χ0v) is 24.8. The normalized spacial score (nSPS) is 12.5. The van der Waals surface area contributed by atoms with Gasteiger partial charge in [-0.25, -0.2) is 19.3 Å². The minimum absolute atomic E-state index is 0.125. The molecule has 216 valence electrons. The number of benzene rings is 1. The van der Waals surface area contributed by atoms with Crippen LogP contribution in [-0.2, 0) is 30.5 Å². The minimum atomic E-state index is -1.16. The van der Waals surface area contributed by atoms with Crippen molar-refractivity contribution in [2.24, 2.45) is 0 Å². The van der Waals surface area contributed by atoms with Gasteiger partial charge in [0, 0.05) is 18.2 Å². The number of aromatic nitrogens is 3. The molecule has 1 aromatic carbocycles. The molecule has 7 heteroatoms. The predicted octanol–water partition coefficient (Wildman–Crippen LogP) is 6.51. The number of rotatable bonds is 14. The average molecular weight is 556 g/mol. The highest BCUT2D eigenvalue weighted by atomic mass is 16.5. The number of carbonyl (C=O) groups is 1. The van der Waals surface area contributed by atoms with Crippen molar-refractivity contribution in [1.29, 1.82) is 0 Å². The Balaban J connectivity index is 2.16. The predicted molar refractivity (Wildman–Crippen MR) is 164 cm³/mol. The third-order valence-electron chi connectivity index (χ3n) is 6.89. The van der Waals surface area contributed by atoms with Gasteiger partial charge in [-0.2, -0.15) is 0 Å². The van der Waals surface area contributed by atoms with Crippen molar-refractivity contribution in [3.8, 4) is 11.6 Å². The number of hydrogen-bond acceptors (Lipinski definition) is 5. The maximum absolute atomic E-state index is 13.9. The van der Waals surface area contributed by atoms with E-state index < -0.39 is 12.1 Å². The summed E-state index contributed by atoms with van der Waals surface area (Å²) in [6.07, 6.45) is 11.4. The molecule has 1 atom stereocenters. The van der Waals surface area contributed by atoms with Crippen molar-refractivity contribution < 1.29 is 14.6 Å². The molecule has 0 amide bonds. The highest BCUT2D eigenvalue weighted by Gasteiger charge is 2.26. The Bertz CT molecular complexity index is 1460. The molecule has 3 aromatic rings. The first-order valence-corrected chi connectivity index (χ1v) is 14.3. The monoisotopic (exact) mass is 555 g/mol. The molecule has 41 heavy (non-hydrogen) atoms. The van der Waals surface area contributed by atoms with Crippen LogP contribution in [0.15, 0.2) is 77.8 Å². The SMILES string of the molecule is C=C/C=C\C(=C/C)C(Oc1c(CCC)cc(Cc2c(CC)nc(C)n(-c3ccccn3)c2=O)cc1CCC)C(=O)O. The molecule has 3 rings (SSSR count). The molecule has 0 aliphatic heterocycles. The van der Waals surface area contributed by atoms with Crippen LogP contribution in [0.3, 0.4) is 0 Å². The van der Waals surface area contributed by atoms with Gasteiger partial charge < -0.3 is 9.84 Å². The van der Waals surface area contributed by atoms with Crippen molar-refractivity contribution in [2.45, 2.75) is 79.2 Å². The molecule has 1 unspecified atom stereocenters. The van der Waals surface area contributed by atoms with Crippen molar-refractivity contribution in [3.63, 3.8) is 0 Å². The Hall–Kier alpha value is -4.26. The van der Waals surface area contributed by atoms with Crippen LogP contribution in [0.2, 0.25) is 0 Å². The van der Waals surface area contributed by atoms with Crippen molar-refractivity contribution in [3.05, 3.63) is 117 Å². The highest BCUT2D eigenvalue weighted by Crippen LogP contribution is 2.32. The van der Waals surface area contributed by atoms with Crippen molar-refractivity contribution in [1.82, 2.24) is 14.5 Å². The van der Waals surface area contributed by atoms with Gasteiger partial charge in [0.05, 0.1) is 5.69 Å². The van der Waals surface area contributed by atoms with Crippen LogP contribution >= 0.6 is 0 Å². The van der Waals surface area contributed by atoms with Gasteiger partial charge in [0.2, 0.25) is 6.10 Å². The lowest BCUT2D eigenvalue weighted by Gasteiger charge is -2.23. The van der Waals surface area contributed by atoms with Gasteiger partial charge in [-0.1, -0.05) is 82.7 Å². The fourth-order valence-electron chi connectivity index (χ4n) is 5.03. The van der Waals surface area contributed by atoms with Gasteiger partial charge in [0.25, 0.3) is 5.56 Å². The molecule has 0 aliphatic rings. The lowest BCUT2D eigenvalue weighted by Crippen LogP contribution is -2.30. The molecule has 0 aliphatic carbocycles. The van der Waals surface area contributed by atoms with Crippen LogP contribution in [-0.4, -0.2) is 31.7 Å². The van der Waals surface area contributed by atoms with Gasteiger partial charge in [-0.15, -0.1) is 0 Å². The van der Waals surface area contributed by atoms with E-state index in [-0.39, 0.29) is 5.56 Å². The second kappa shape index (κ2) is 14.9. The second-order valence-corrected chi connectivity index (χ2v) is 9.91. The molecule has 0 fully saturated rings. The standard InChI is InChI=1S/C34H41N3O4/c1-7-12-17-25(10-4)32(34(39)40)41-31-26(15-8-2)20-24(21-27(31)16-9-3)22-28-29(11-5)36-23(6)37(33(28)38)30-18-13-14-19-35-30/h7,10,12-14,17-21,32H,1,8-9,11,15-16,22H2,2-6H3,(H,39,40)/b17-12-,25-10+. The lowest BCUT2D eigenvalue weighted by atomic mass is 9.94. The Morgan fingerprint density at radius 2 is 1.83 bits per heavy atom. The van der Waals surface area contributed by atoms with E-state index >= 15 is 0 Å². The summed E-state index contributed by atoms with van der Waals surface area (Å²) in [4.78, 5) is 35.3. The zero-order chi connectivity index (χ0) is 29.9. The van der Waals surface area contributed by atoms with E-state index in [4.69, 9.17) is 9.72 Å². The average Bonchev–Trinajstić information content (AvgIpc) is 2.96. The summed E-state index contributed by atoms with van der Waals surface area (Å²) in [5.41, 5.74) is 4.67. The van der Waals surface area contributed by atoms with Gasteiger partial charge in [-0.05, 0) is 67.5 Å². The van der Waals surface area contributed by atoms with Crippen LogP contribution in [0.1, 0.15) is 74.3 Å². The van der Waals surface area contributed by atoms with E-state index in [9.17, 15) is 14.7 Å². The molecule has 1 N–H and O–H groups in total. The topological polar surface area (TPSA) is 94.3 Å². The van der Waals surface area contributed by atoms with E-state index in [1.54, 1.807) is 48.1 Å². The summed E-state index contributed by atoms with van der Waals surface area (Å²) in [5, 5.41) is 10.1. The van der Waals surface area contributed by atoms with Crippen LogP contribution in [0, 0.1) is 6.92 Å². The third-order valence-corrected chi connectivity index (χ3v) is 6.89. The fourth-order valence-corrected chi connectivity index (χ4v) is 5.03. The third kappa shape index (κ3) is 7.48. The molecule has 2 aromatic heterocycles. The fraction of sp³-hybridized carbons (Fsp3) is 0.353. The van der Waals surface area contributed by atoms with Crippen molar-refractivity contribution >= 4 is 5.97 Å². The summed E-state index contributed by atoms with van der Waals surface area (Å²) in [5.74, 6) is 0.689. The molecular formula is C34H41N3O4. The Labute approximate surface area is 243 Å². The van der Waals surface area contributed by atoms with Gasteiger partial charge in [0.1, 0.15) is 17.4 Å². The summed E-state index contributed by atoms with van der Waals surface area (Å²) in [7, 11) is 0. The summed E-state index contributed by atoms with van der Waals surface area (Å²) in [6, 6.07) is 9.57. The number of allylic oxidation sites excluding steroid dienone is 3. The Morgan fingerprint density at radius 1 is 1.15 bits per heavy atom. The molecule has 0 spiro atoms. The molecular weight excluding hydrogens is 514 g/mol. The first kappa shape index (κ1) is 31.3. The molecule has 0 saturated carbocycles. The molecule has 0 saturated heterocycles. The quantitative estimate of drug-likeness (QED) is 0.228. The number of pyridine rings is 1. The Kier molecular flexibility index (Phi) is 11.4. The van der Waals surface area contributed by atoms with E-state index in [1.807, 2.05) is 26.0 Å². The van der Waals surface area contributed by atoms with Crippen molar-refractivity contribution in [2.75, 3.05) is 0 Å². The van der Waals surface area contributed by atoms with Crippen LogP contribution in [0.5, 0.6) is 5.75 Å². The largest absolute Gasteiger partial charge is 0.478 e. The Morgan fingerprint density at radius 3 is 2.34 bits per heavy atom. The van der Waals surface area contributed by atoms with Gasteiger partial charge in [-0.3, -0.25) is 4.79 Å². The summed E-state index contributed by atoms with van der Waals surface area (Å²) >= 11 is 0. The molecule has 0 bridgehead atoms. The second-order valence-electron chi connectivity index (χ2n) is 9.91. The number of aryl methyl sites for hydroxylation is 4. The van der Waals surface area contributed by atoms with E-state index in [0.29, 0.717) is 54.2 Å². The number of hydrogen-bond donors (Lipinski definition) is 1. The molecule has 7 nitrogen and oxygen atoms in total. The van der Waals surface area contributed by atoms with E-state index in [2.05, 4.69) is 37.5 Å². The smallest absolute Gasteiger partial charge is 0.349 e. The molecule has 2 heterocycles. The van der Waals surface area contributed by atoms with Crippen LogP contribution in [0.4, 0.5) is 0 Å². The van der Waals surface area contributed by atoms with Crippen LogP contribution in [0.25, 0.3) is 5.82 Å². The molecule has 0 radical (unpaired) electrons.